The van der Waals surface area contributed by atoms with Gasteiger partial charge in [0.15, 0.2) is 0 Å². The topological polar surface area (TPSA) is 45.6 Å². The molecule has 23 heavy (non-hydrogen) atoms. The molecule has 0 saturated carbocycles. The normalized spacial score (nSPS) is 30.4. The lowest BCUT2D eigenvalue weighted by molar-refractivity contribution is -0.130. The lowest BCUT2D eigenvalue weighted by atomic mass is 9.70. The molecule has 4 heteroatoms. The number of piperidine rings is 1. The number of hydrogen-bond donors (Lipinski definition) is 1. The van der Waals surface area contributed by atoms with Crippen molar-refractivity contribution < 1.29 is 9.84 Å². The Hall–Kier alpha value is -0.970. The van der Waals surface area contributed by atoms with Gasteiger partial charge in [0, 0.05) is 38.7 Å². The summed E-state index contributed by atoms with van der Waals surface area (Å²) in [5, 5.41) is 11.2. The molecule has 3 rings (SSSR count). The number of aliphatic hydroxyl groups is 1. The number of rotatable bonds is 5. The monoisotopic (exact) mass is 318 g/mol. The van der Waals surface area contributed by atoms with Crippen LogP contribution in [0.4, 0.5) is 0 Å². The summed E-state index contributed by atoms with van der Waals surface area (Å²) >= 11 is 0. The molecule has 0 spiro atoms. The van der Waals surface area contributed by atoms with Crippen molar-refractivity contribution in [3.8, 4) is 0 Å². The number of pyridine rings is 1. The Kier molecular flexibility index (Phi) is 5.67. The molecule has 0 bridgehead atoms. The summed E-state index contributed by atoms with van der Waals surface area (Å²) in [6.07, 6.45) is 8.97. The highest BCUT2D eigenvalue weighted by Gasteiger charge is 2.44. The lowest BCUT2D eigenvalue weighted by Gasteiger charge is -2.48. The molecule has 0 aliphatic carbocycles. The second-order valence-corrected chi connectivity index (χ2v) is 7.29. The maximum absolute atomic E-state index is 11.2. The summed E-state index contributed by atoms with van der Waals surface area (Å²) in [6, 6.07) is 4.15. The number of ether oxygens (including phenoxy) is 1. The van der Waals surface area contributed by atoms with Crippen molar-refractivity contribution in [1.82, 2.24) is 9.88 Å². The van der Waals surface area contributed by atoms with Gasteiger partial charge in [-0.05, 0) is 62.1 Å². The van der Waals surface area contributed by atoms with Gasteiger partial charge in [-0.3, -0.25) is 4.98 Å². The standard InChI is InChI=1S/C19H30N2O2/c1-16-15-21(10-3-5-17-4-2-9-20-14-17)11-8-19(16,22)18-6-12-23-13-7-18/h2,4,9,14,16,18,22H,3,5-8,10-13,15H2,1H3/t16-,19+/m1/s1. The molecule has 0 unspecified atom stereocenters. The largest absolute Gasteiger partial charge is 0.389 e. The van der Waals surface area contributed by atoms with Crippen molar-refractivity contribution in [2.24, 2.45) is 11.8 Å². The van der Waals surface area contributed by atoms with Crippen LogP contribution in [-0.4, -0.2) is 53.4 Å². The van der Waals surface area contributed by atoms with Crippen LogP contribution in [0, 0.1) is 11.8 Å². The van der Waals surface area contributed by atoms with Crippen LogP contribution in [0.5, 0.6) is 0 Å². The van der Waals surface area contributed by atoms with E-state index in [1.54, 1.807) is 0 Å². The lowest BCUT2D eigenvalue weighted by Crippen LogP contribution is -2.55. The fourth-order valence-corrected chi connectivity index (χ4v) is 4.28. The molecule has 0 radical (unpaired) electrons. The van der Waals surface area contributed by atoms with Gasteiger partial charge in [-0.15, -0.1) is 0 Å². The van der Waals surface area contributed by atoms with Gasteiger partial charge in [0.1, 0.15) is 0 Å². The van der Waals surface area contributed by atoms with Crippen molar-refractivity contribution in [3.05, 3.63) is 30.1 Å². The van der Waals surface area contributed by atoms with E-state index in [1.165, 1.54) is 5.56 Å². The van der Waals surface area contributed by atoms with Crippen LogP contribution >= 0.6 is 0 Å². The third-order valence-corrected chi connectivity index (χ3v) is 5.80. The Morgan fingerprint density at radius 3 is 2.91 bits per heavy atom. The van der Waals surface area contributed by atoms with Gasteiger partial charge in [-0.1, -0.05) is 13.0 Å². The Morgan fingerprint density at radius 1 is 1.39 bits per heavy atom. The first-order chi connectivity index (χ1) is 11.2. The smallest absolute Gasteiger partial charge is 0.0727 e. The SMILES string of the molecule is C[C@@H]1CN(CCCc2cccnc2)CC[C@@]1(O)C1CCOCC1. The molecular weight excluding hydrogens is 288 g/mol. The number of hydrogen-bond acceptors (Lipinski definition) is 4. The summed E-state index contributed by atoms with van der Waals surface area (Å²) in [7, 11) is 0. The first kappa shape index (κ1) is 16.9. The van der Waals surface area contributed by atoms with E-state index in [-0.39, 0.29) is 0 Å². The minimum absolute atomic E-state index is 0.345. The summed E-state index contributed by atoms with van der Waals surface area (Å²) in [4.78, 5) is 6.70. The van der Waals surface area contributed by atoms with Crippen molar-refractivity contribution >= 4 is 0 Å². The molecule has 2 saturated heterocycles. The van der Waals surface area contributed by atoms with Gasteiger partial charge in [0.2, 0.25) is 0 Å². The second-order valence-electron chi connectivity index (χ2n) is 7.29. The average Bonchev–Trinajstić information content (AvgIpc) is 2.60. The van der Waals surface area contributed by atoms with Gasteiger partial charge >= 0.3 is 0 Å². The number of nitrogens with zero attached hydrogens (tertiary/aromatic N) is 2. The van der Waals surface area contributed by atoms with Gasteiger partial charge < -0.3 is 14.7 Å². The van der Waals surface area contributed by atoms with Crippen LogP contribution in [0.3, 0.4) is 0 Å². The molecule has 0 aromatic carbocycles. The highest BCUT2D eigenvalue weighted by Crippen LogP contribution is 2.39. The molecule has 2 aliphatic heterocycles. The minimum Gasteiger partial charge on any atom is -0.389 e. The van der Waals surface area contributed by atoms with Crippen molar-refractivity contribution in [2.45, 2.75) is 44.6 Å². The Bertz CT molecular complexity index is 476. The van der Waals surface area contributed by atoms with Crippen LogP contribution in [-0.2, 0) is 11.2 Å². The van der Waals surface area contributed by atoms with E-state index in [2.05, 4.69) is 22.9 Å². The van der Waals surface area contributed by atoms with Gasteiger partial charge in [0.05, 0.1) is 5.60 Å². The Labute approximate surface area is 139 Å². The molecule has 128 valence electrons. The predicted molar refractivity (Wildman–Crippen MR) is 91.3 cm³/mol. The van der Waals surface area contributed by atoms with Crippen molar-refractivity contribution in [2.75, 3.05) is 32.8 Å². The van der Waals surface area contributed by atoms with Gasteiger partial charge in [-0.2, -0.15) is 0 Å². The first-order valence-corrected chi connectivity index (χ1v) is 9.10. The molecule has 0 amide bonds. The van der Waals surface area contributed by atoms with Crippen LogP contribution in [0.15, 0.2) is 24.5 Å². The fraction of sp³-hybridized carbons (Fsp3) is 0.737. The zero-order valence-corrected chi connectivity index (χ0v) is 14.3. The second kappa shape index (κ2) is 7.73. The molecule has 3 heterocycles. The Morgan fingerprint density at radius 2 is 2.22 bits per heavy atom. The molecular formula is C19H30N2O2. The molecule has 1 N–H and O–H groups in total. The van der Waals surface area contributed by atoms with E-state index >= 15 is 0 Å². The van der Waals surface area contributed by atoms with E-state index in [0.717, 1.165) is 65.0 Å². The maximum atomic E-state index is 11.2. The average molecular weight is 318 g/mol. The van der Waals surface area contributed by atoms with Crippen LogP contribution in [0.25, 0.3) is 0 Å². The highest BCUT2D eigenvalue weighted by molar-refractivity contribution is 5.08. The van der Waals surface area contributed by atoms with Crippen LogP contribution in [0.2, 0.25) is 0 Å². The predicted octanol–water partition coefficient (Wildman–Crippen LogP) is 2.51. The summed E-state index contributed by atoms with van der Waals surface area (Å²) < 4.78 is 5.46. The van der Waals surface area contributed by atoms with Gasteiger partial charge in [0.25, 0.3) is 0 Å². The summed E-state index contributed by atoms with van der Waals surface area (Å²) in [5.41, 5.74) is 0.833. The van der Waals surface area contributed by atoms with E-state index in [0.29, 0.717) is 11.8 Å². The molecule has 2 atom stereocenters. The van der Waals surface area contributed by atoms with Gasteiger partial charge in [-0.25, -0.2) is 0 Å². The number of likely N-dealkylation sites (tertiary alicyclic amines) is 1. The molecule has 2 fully saturated rings. The quantitative estimate of drug-likeness (QED) is 0.906. The van der Waals surface area contributed by atoms with E-state index in [9.17, 15) is 5.11 Å². The number of aromatic nitrogens is 1. The molecule has 1 aromatic heterocycles. The molecule has 4 nitrogen and oxygen atoms in total. The van der Waals surface area contributed by atoms with Crippen LogP contribution in [0.1, 0.15) is 38.2 Å². The van der Waals surface area contributed by atoms with E-state index in [4.69, 9.17) is 4.74 Å². The zero-order chi connectivity index (χ0) is 16.1. The summed E-state index contributed by atoms with van der Waals surface area (Å²) in [5.74, 6) is 0.765. The third-order valence-electron chi connectivity index (χ3n) is 5.80. The van der Waals surface area contributed by atoms with E-state index in [1.807, 2.05) is 18.5 Å². The summed E-state index contributed by atoms with van der Waals surface area (Å²) in [6.45, 7) is 7.00. The molecule has 1 aromatic rings. The zero-order valence-electron chi connectivity index (χ0n) is 14.3. The highest BCUT2D eigenvalue weighted by atomic mass is 16.5. The minimum atomic E-state index is -0.483. The van der Waals surface area contributed by atoms with Crippen molar-refractivity contribution in [1.29, 1.82) is 0 Å². The van der Waals surface area contributed by atoms with Crippen molar-refractivity contribution in [3.63, 3.8) is 0 Å². The van der Waals surface area contributed by atoms with Crippen LogP contribution < -0.4 is 0 Å². The first-order valence-electron chi connectivity index (χ1n) is 9.10. The van der Waals surface area contributed by atoms with E-state index < -0.39 is 5.60 Å². The number of aryl methyl sites for hydroxylation is 1. The Balaban J connectivity index is 1.46. The molecule has 2 aliphatic rings. The fourth-order valence-electron chi connectivity index (χ4n) is 4.28. The maximum Gasteiger partial charge on any atom is 0.0727 e. The third kappa shape index (κ3) is 4.11.